The fraction of sp³-hybridized carbons (Fsp3) is 0.0952. The average Bonchev–Trinajstić information content (AvgIpc) is 3.12. The van der Waals surface area contributed by atoms with Crippen molar-refractivity contribution in [2.75, 3.05) is 4.90 Å². The van der Waals surface area contributed by atoms with Crippen molar-refractivity contribution in [2.45, 2.75) is 13.5 Å². The van der Waals surface area contributed by atoms with Crippen molar-refractivity contribution < 1.29 is 13.7 Å². The average molecular weight is 412 g/mol. The van der Waals surface area contributed by atoms with Gasteiger partial charge < -0.3 is 14.4 Å². The quantitative estimate of drug-likeness (QED) is 0.537. The highest BCUT2D eigenvalue weighted by atomic mass is 35.5. The largest absolute Gasteiger partial charge is 0.361 e. The number of para-hydroxylation sites is 1. The minimum absolute atomic E-state index is 0.0500. The number of hydrogen-bond donors (Lipinski definition) is 1. The summed E-state index contributed by atoms with van der Waals surface area (Å²) in [5.74, 6) is -0.560. The Kier molecular flexibility index (Phi) is 4.90. The Morgan fingerprint density at radius 3 is 2.76 bits per heavy atom. The summed E-state index contributed by atoms with van der Waals surface area (Å²) in [6.45, 7) is 1.58. The number of carbonyl (C=O) groups is 1. The van der Waals surface area contributed by atoms with Crippen LogP contribution in [0, 0.1) is 12.7 Å². The second kappa shape index (κ2) is 7.52. The minimum Gasteiger partial charge on any atom is -0.361 e. The van der Waals surface area contributed by atoms with Crippen molar-refractivity contribution in [3.63, 3.8) is 0 Å². The van der Waals surface area contributed by atoms with Crippen LogP contribution in [0.5, 0.6) is 0 Å². The lowest BCUT2D eigenvalue weighted by molar-refractivity contribution is 0.0983. The van der Waals surface area contributed by atoms with Crippen LogP contribution in [0.1, 0.15) is 21.7 Å². The predicted octanol–water partition coefficient (Wildman–Crippen LogP) is 4.46. The van der Waals surface area contributed by atoms with Gasteiger partial charge in [-0.15, -0.1) is 0 Å². The van der Waals surface area contributed by atoms with Gasteiger partial charge in [0.05, 0.1) is 18.3 Å². The summed E-state index contributed by atoms with van der Waals surface area (Å²) in [4.78, 5) is 29.7. The van der Waals surface area contributed by atoms with Gasteiger partial charge in [0.15, 0.2) is 0 Å². The van der Waals surface area contributed by atoms with Gasteiger partial charge in [-0.25, -0.2) is 4.39 Å². The van der Waals surface area contributed by atoms with Crippen LogP contribution in [0.2, 0.25) is 5.02 Å². The van der Waals surface area contributed by atoms with Crippen molar-refractivity contribution in [1.29, 1.82) is 0 Å². The van der Waals surface area contributed by atoms with Crippen LogP contribution in [-0.4, -0.2) is 16.0 Å². The lowest BCUT2D eigenvalue weighted by Crippen LogP contribution is -2.33. The molecule has 1 N–H and O–H groups in total. The standard InChI is InChI=1S/C21H15ClFN3O3/c1-12-17(10-24-29-12)21(28)26(16-6-3-5-15(22)9-16)11-14-8-13-4-2-7-18(23)19(13)25-20(14)27/h2-10H,11H2,1H3,(H,25,27). The highest BCUT2D eigenvalue weighted by Gasteiger charge is 2.23. The Morgan fingerprint density at radius 1 is 1.24 bits per heavy atom. The second-order valence-electron chi connectivity index (χ2n) is 6.49. The van der Waals surface area contributed by atoms with E-state index in [9.17, 15) is 14.0 Å². The molecule has 2 heterocycles. The molecule has 0 radical (unpaired) electrons. The number of halogens is 2. The van der Waals surface area contributed by atoms with Crippen molar-refractivity contribution >= 4 is 34.1 Å². The minimum atomic E-state index is -0.519. The van der Waals surface area contributed by atoms with E-state index in [-0.39, 0.29) is 17.6 Å². The number of H-pyrrole nitrogens is 1. The molecule has 1 amide bonds. The molecule has 29 heavy (non-hydrogen) atoms. The molecular formula is C21H15ClFN3O3. The number of hydrogen-bond acceptors (Lipinski definition) is 4. The molecule has 8 heteroatoms. The van der Waals surface area contributed by atoms with Crippen LogP contribution in [0.3, 0.4) is 0 Å². The zero-order valence-corrected chi connectivity index (χ0v) is 16.0. The number of nitrogens with one attached hydrogen (secondary N) is 1. The van der Waals surface area contributed by atoms with Crippen molar-refractivity contribution in [3.05, 3.63) is 92.8 Å². The van der Waals surface area contributed by atoms with E-state index in [0.29, 0.717) is 27.4 Å². The smallest absolute Gasteiger partial charge is 0.263 e. The fourth-order valence-corrected chi connectivity index (χ4v) is 3.29. The zero-order valence-electron chi connectivity index (χ0n) is 15.3. The molecule has 2 aromatic carbocycles. The molecule has 4 rings (SSSR count). The monoisotopic (exact) mass is 411 g/mol. The molecule has 0 aliphatic heterocycles. The number of aromatic nitrogens is 2. The van der Waals surface area contributed by atoms with Crippen LogP contribution in [0.15, 0.2) is 64.0 Å². The molecule has 0 aliphatic carbocycles. The summed E-state index contributed by atoms with van der Waals surface area (Å²) in [7, 11) is 0. The summed E-state index contributed by atoms with van der Waals surface area (Å²) in [6, 6.07) is 12.8. The normalized spacial score (nSPS) is 11.0. The van der Waals surface area contributed by atoms with Gasteiger partial charge >= 0.3 is 0 Å². The molecule has 0 unspecified atom stereocenters. The third-order valence-electron chi connectivity index (χ3n) is 4.58. The van der Waals surface area contributed by atoms with Crippen LogP contribution in [0.4, 0.5) is 10.1 Å². The van der Waals surface area contributed by atoms with Crippen LogP contribution < -0.4 is 10.5 Å². The first-order valence-corrected chi connectivity index (χ1v) is 9.11. The fourth-order valence-electron chi connectivity index (χ4n) is 3.10. The number of pyridine rings is 1. The second-order valence-corrected chi connectivity index (χ2v) is 6.93. The van der Waals surface area contributed by atoms with Gasteiger partial charge in [0, 0.05) is 21.7 Å². The molecular weight excluding hydrogens is 397 g/mol. The molecule has 0 fully saturated rings. The molecule has 0 aliphatic rings. The highest BCUT2D eigenvalue weighted by molar-refractivity contribution is 6.31. The van der Waals surface area contributed by atoms with E-state index in [2.05, 4.69) is 10.1 Å². The van der Waals surface area contributed by atoms with Gasteiger partial charge in [-0.05, 0) is 37.3 Å². The maximum atomic E-state index is 14.0. The van der Waals surface area contributed by atoms with Gasteiger partial charge in [0.2, 0.25) is 0 Å². The lowest BCUT2D eigenvalue weighted by atomic mass is 10.1. The molecule has 0 saturated carbocycles. The van der Waals surface area contributed by atoms with E-state index in [1.165, 1.54) is 17.2 Å². The Labute approximate surface area is 169 Å². The number of carbonyl (C=O) groups excluding carboxylic acids is 1. The van der Waals surface area contributed by atoms with E-state index in [1.807, 2.05) is 0 Å². The van der Waals surface area contributed by atoms with Crippen molar-refractivity contribution in [3.8, 4) is 0 Å². The maximum Gasteiger partial charge on any atom is 0.263 e. The topological polar surface area (TPSA) is 79.2 Å². The van der Waals surface area contributed by atoms with Gasteiger partial charge in [0.1, 0.15) is 17.1 Å². The Morgan fingerprint density at radius 2 is 2.03 bits per heavy atom. The van der Waals surface area contributed by atoms with Gasteiger partial charge in [-0.3, -0.25) is 9.59 Å². The predicted molar refractivity (Wildman–Crippen MR) is 108 cm³/mol. The number of fused-ring (bicyclic) bond motifs is 1. The molecule has 0 spiro atoms. The Hall–Kier alpha value is -3.45. The lowest BCUT2D eigenvalue weighted by Gasteiger charge is -2.22. The molecule has 4 aromatic rings. The molecule has 2 aromatic heterocycles. The first-order chi connectivity index (χ1) is 13.9. The molecule has 146 valence electrons. The summed E-state index contributed by atoms with van der Waals surface area (Å²) in [6.07, 6.45) is 1.33. The number of rotatable bonds is 4. The zero-order chi connectivity index (χ0) is 20.5. The first kappa shape index (κ1) is 18.9. The molecule has 0 bridgehead atoms. The summed E-state index contributed by atoms with van der Waals surface area (Å²) >= 11 is 6.10. The van der Waals surface area contributed by atoms with E-state index in [1.54, 1.807) is 49.4 Å². The SMILES string of the molecule is Cc1oncc1C(=O)N(Cc1cc2cccc(F)c2[nH]c1=O)c1cccc(Cl)c1. The van der Waals surface area contributed by atoms with Gasteiger partial charge in [-0.2, -0.15) is 0 Å². The maximum absolute atomic E-state index is 14.0. The highest BCUT2D eigenvalue weighted by Crippen LogP contribution is 2.25. The van der Waals surface area contributed by atoms with E-state index < -0.39 is 17.3 Å². The summed E-state index contributed by atoms with van der Waals surface area (Å²) in [5, 5.41) is 4.62. The third kappa shape index (κ3) is 3.64. The number of amides is 1. The Balaban J connectivity index is 1.81. The van der Waals surface area contributed by atoms with Crippen molar-refractivity contribution in [1.82, 2.24) is 10.1 Å². The summed E-state index contributed by atoms with van der Waals surface area (Å²) in [5.41, 5.74) is 0.710. The number of anilines is 1. The van der Waals surface area contributed by atoms with Crippen molar-refractivity contribution in [2.24, 2.45) is 0 Å². The van der Waals surface area contributed by atoms with Crippen LogP contribution in [-0.2, 0) is 6.54 Å². The Bertz CT molecular complexity index is 1280. The van der Waals surface area contributed by atoms with Gasteiger partial charge in [0.25, 0.3) is 11.5 Å². The van der Waals surface area contributed by atoms with E-state index >= 15 is 0 Å². The number of nitrogens with zero attached hydrogens (tertiary/aromatic N) is 2. The third-order valence-corrected chi connectivity index (χ3v) is 4.82. The first-order valence-electron chi connectivity index (χ1n) is 8.73. The van der Waals surface area contributed by atoms with Crippen LogP contribution >= 0.6 is 11.6 Å². The van der Waals surface area contributed by atoms with E-state index in [4.69, 9.17) is 16.1 Å². The number of aryl methyl sites for hydroxylation is 1. The van der Waals surface area contributed by atoms with Gasteiger partial charge in [-0.1, -0.05) is 35.0 Å². The molecule has 6 nitrogen and oxygen atoms in total. The summed E-state index contributed by atoms with van der Waals surface area (Å²) < 4.78 is 19.0. The molecule has 0 atom stereocenters. The number of aromatic amines is 1. The van der Waals surface area contributed by atoms with Crippen LogP contribution in [0.25, 0.3) is 10.9 Å². The number of benzene rings is 2. The molecule has 0 saturated heterocycles. The van der Waals surface area contributed by atoms with E-state index in [0.717, 1.165) is 0 Å².